The molecule has 3 aliphatic rings. The second-order valence-corrected chi connectivity index (χ2v) is 9.13. The molecule has 4 rings (SSSR count). The van der Waals surface area contributed by atoms with Crippen LogP contribution in [0.15, 0.2) is 18.2 Å². The van der Waals surface area contributed by atoms with Gasteiger partial charge in [-0.05, 0) is 56.0 Å². The highest BCUT2D eigenvalue weighted by Crippen LogP contribution is 2.29. The number of nitrogens with zero attached hydrogens (tertiary/aromatic N) is 2. The first-order valence-corrected chi connectivity index (χ1v) is 11.1. The van der Waals surface area contributed by atoms with E-state index in [1.807, 2.05) is 6.07 Å². The van der Waals surface area contributed by atoms with Gasteiger partial charge in [0.15, 0.2) is 0 Å². The number of fused-ring (bicyclic) bond motifs is 1. The number of hydrogen-bond donors (Lipinski definition) is 2. The van der Waals surface area contributed by atoms with E-state index < -0.39 is 23.8 Å². The normalized spacial score (nSPS) is 22.5. The Kier molecular flexibility index (Phi) is 6.20. The summed E-state index contributed by atoms with van der Waals surface area (Å²) in [5.41, 5.74) is 1.67. The first-order chi connectivity index (χ1) is 14.8. The summed E-state index contributed by atoms with van der Waals surface area (Å²) in [5, 5.41) is 5.64. The minimum absolute atomic E-state index is 0.121. The summed E-state index contributed by atoms with van der Waals surface area (Å²) < 4.78 is 0. The maximum absolute atomic E-state index is 13.1. The summed E-state index contributed by atoms with van der Waals surface area (Å²) in [7, 11) is 0. The zero-order chi connectivity index (χ0) is 22.1. The molecule has 0 spiro atoms. The Morgan fingerprint density at radius 2 is 1.74 bits per heavy atom. The highest BCUT2D eigenvalue weighted by molar-refractivity contribution is 6.23. The lowest BCUT2D eigenvalue weighted by Gasteiger charge is -2.36. The molecular weight excluding hydrogens is 396 g/mol. The standard InChI is InChI=1S/C23H30N4O4/c1-14(2)12-26(16-7-9-24-10-8-16)13-15-3-4-17-18(11-15)23(31)27(22(17)30)19-5-6-20(28)25-21(19)29/h3-4,11,14,16,19,24H,5-10,12-13H2,1-2H3,(H,25,28,29). The molecule has 1 atom stereocenters. The molecule has 2 fully saturated rings. The van der Waals surface area contributed by atoms with Gasteiger partial charge in [0.1, 0.15) is 6.04 Å². The zero-order valence-corrected chi connectivity index (χ0v) is 18.1. The predicted molar refractivity (Wildman–Crippen MR) is 114 cm³/mol. The van der Waals surface area contributed by atoms with Crippen molar-refractivity contribution in [1.29, 1.82) is 0 Å². The molecule has 0 saturated carbocycles. The fourth-order valence-electron chi connectivity index (χ4n) is 4.83. The van der Waals surface area contributed by atoms with Gasteiger partial charge in [-0.1, -0.05) is 19.9 Å². The van der Waals surface area contributed by atoms with Crippen molar-refractivity contribution in [2.24, 2.45) is 5.92 Å². The van der Waals surface area contributed by atoms with E-state index in [-0.39, 0.29) is 18.7 Å². The van der Waals surface area contributed by atoms with E-state index in [9.17, 15) is 19.2 Å². The van der Waals surface area contributed by atoms with Crippen molar-refractivity contribution in [3.05, 3.63) is 34.9 Å². The minimum Gasteiger partial charge on any atom is -0.317 e. The van der Waals surface area contributed by atoms with Crippen LogP contribution in [0.25, 0.3) is 0 Å². The molecule has 3 aliphatic heterocycles. The van der Waals surface area contributed by atoms with Crippen molar-refractivity contribution in [2.45, 2.75) is 58.2 Å². The zero-order valence-electron chi connectivity index (χ0n) is 18.1. The lowest BCUT2D eigenvalue weighted by Crippen LogP contribution is -2.54. The van der Waals surface area contributed by atoms with E-state index in [1.165, 1.54) is 0 Å². The van der Waals surface area contributed by atoms with E-state index in [2.05, 4.69) is 29.4 Å². The first kappa shape index (κ1) is 21.6. The molecule has 3 heterocycles. The van der Waals surface area contributed by atoms with Gasteiger partial charge >= 0.3 is 0 Å². The number of imide groups is 2. The molecule has 0 radical (unpaired) electrons. The summed E-state index contributed by atoms with van der Waals surface area (Å²) in [4.78, 5) is 53.1. The topological polar surface area (TPSA) is 98.8 Å². The monoisotopic (exact) mass is 426 g/mol. The molecule has 2 N–H and O–H groups in total. The molecule has 8 heteroatoms. The fraction of sp³-hybridized carbons (Fsp3) is 0.565. The molecule has 31 heavy (non-hydrogen) atoms. The van der Waals surface area contributed by atoms with Crippen molar-refractivity contribution < 1.29 is 19.2 Å². The summed E-state index contributed by atoms with van der Waals surface area (Å²) in [6.45, 7) is 8.12. The van der Waals surface area contributed by atoms with Gasteiger partial charge in [0.25, 0.3) is 11.8 Å². The van der Waals surface area contributed by atoms with Crippen LogP contribution in [0.4, 0.5) is 0 Å². The van der Waals surface area contributed by atoms with Crippen LogP contribution < -0.4 is 10.6 Å². The molecule has 1 unspecified atom stereocenters. The average molecular weight is 427 g/mol. The van der Waals surface area contributed by atoms with Crippen LogP contribution in [-0.2, 0) is 16.1 Å². The maximum atomic E-state index is 13.1. The Morgan fingerprint density at radius 1 is 1.03 bits per heavy atom. The smallest absolute Gasteiger partial charge is 0.262 e. The van der Waals surface area contributed by atoms with Gasteiger partial charge in [-0.25, -0.2) is 0 Å². The van der Waals surface area contributed by atoms with Crippen LogP contribution >= 0.6 is 0 Å². The van der Waals surface area contributed by atoms with E-state index in [0.717, 1.165) is 49.5 Å². The number of hydrogen-bond acceptors (Lipinski definition) is 6. The van der Waals surface area contributed by atoms with Crippen LogP contribution in [0.2, 0.25) is 0 Å². The molecule has 2 saturated heterocycles. The Morgan fingerprint density at radius 3 is 2.42 bits per heavy atom. The summed E-state index contributed by atoms with van der Waals surface area (Å²) in [5.74, 6) is -1.34. The Hall–Kier alpha value is -2.58. The largest absolute Gasteiger partial charge is 0.317 e. The molecule has 0 aromatic heterocycles. The third-order valence-corrected chi connectivity index (χ3v) is 6.31. The molecule has 1 aromatic rings. The first-order valence-electron chi connectivity index (χ1n) is 11.1. The summed E-state index contributed by atoms with van der Waals surface area (Å²) in [6, 6.07) is 4.98. The minimum atomic E-state index is -0.930. The van der Waals surface area contributed by atoms with E-state index in [1.54, 1.807) is 12.1 Å². The van der Waals surface area contributed by atoms with Crippen molar-refractivity contribution >= 4 is 23.6 Å². The third kappa shape index (κ3) is 4.41. The van der Waals surface area contributed by atoms with Gasteiger partial charge < -0.3 is 5.32 Å². The van der Waals surface area contributed by atoms with Crippen LogP contribution in [-0.4, -0.2) is 65.1 Å². The van der Waals surface area contributed by atoms with Crippen molar-refractivity contribution in [2.75, 3.05) is 19.6 Å². The van der Waals surface area contributed by atoms with Crippen molar-refractivity contribution in [3.63, 3.8) is 0 Å². The van der Waals surface area contributed by atoms with Crippen molar-refractivity contribution in [1.82, 2.24) is 20.4 Å². The maximum Gasteiger partial charge on any atom is 0.262 e. The highest BCUT2D eigenvalue weighted by Gasteiger charge is 2.44. The Balaban J connectivity index is 1.54. The predicted octanol–water partition coefficient (Wildman–Crippen LogP) is 1.30. The summed E-state index contributed by atoms with van der Waals surface area (Å²) in [6.07, 6.45) is 2.48. The fourth-order valence-corrected chi connectivity index (χ4v) is 4.83. The molecular formula is C23H30N4O4. The SMILES string of the molecule is CC(C)CN(Cc1ccc2c(c1)C(=O)N(C1CCC(=O)NC1=O)C2=O)C1CCNCC1. The third-order valence-electron chi connectivity index (χ3n) is 6.31. The molecule has 166 valence electrons. The van der Waals surface area contributed by atoms with Gasteiger partial charge in [0.05, 0.1) is 11.1 Å². The molecule has 4 amide bonds. The van der Waals surface area contributed by atoms with Crippen LogP contribution in [0.5, 0.6) is 0 Å². The second-order valence-electron chi connectivity index (χ2n) is 9.13. The highest BCUT2D eigenvalue weighted by atomic mass is 16.2. The molecule has 1 aromatic carbocycles. The summed E-state index contributed by atoms with van der Waals surface area (Å²) >= 11 is 0. The number of piperidine rings is 2. The van der Waals surface area contributed by atoms with Gasteiger partial charge in [0, 0.05) is 25.6 Å². The van der Waals surface area contributed by atoms with Crippen LogP contribution in [0, 0.1) is 5.92 Å². The van der Waals surface area contributed by atoms with Crippen LogP contribution in [0.1, 0.15) is 65.8 Å². The van der Waals surface area contributed by atoms with E-state index in [4.69, 9.17) is 0 Å². The van der Waals surface area contributed by atoms with Gasteiger partial charge in [-0.2, -0.15) is 0 Å². The number of carbonyl (C=O) groups is 4. The van der Waals surface area contributed by atoms with Gasteiger partial charge in [-0.3, -0.25) is 34.3 Å². The van der Waals surface area contributed by atoms with E-state index in [0.29, 0.717) is 23.1 Å². The average Bonchev–Trinajstić information content (AvgIpc) is 2.98. The Bertz CT molecular complexity index is 907. The lowest BCUT2D eigenvalue weighted by atomic mass is 10.0. The van der Waals surface area contributed by atoms with E-state index >= 15 is 0 Å². The number of rotatable bonds is 6. The second kappa shape index (κ2) is 8.88. The number of nitrogens with one attached hydrogen (secondary N) is 2. The molecule has 0 aliphatic carbocycles. The Labute approximate surface area is 182 Å². The number of amides is 4. The van der Waals surface area contributed by atoms with Crippen LogP contribution in [0.3, 0.4) is 0 Å². The molecule has 8 nitrogen and oxygen atoms in total. The van der Waals surface area contributed by atoms with Gasteiger partial charge in [0.2, 0.25) is 11.8 Å². The van der Waals surface area contributed by atoms with Gasteiger partial charge in [-0.15, -0.1) is 0 Å². The number of carbonyl (C=O) groups excluding carboxylic acids is 4. The van der Waals surface area contributed by atoms with Crippen molar-refractivity contribution in [3.8, 4) is 0 Å². The number of benzene rings is 1. The quantitative estimate of drug-likeness (QED) is 0.666. The molecule has 0 bridgehead atoms. The lowest BCUT2D eigenvalue weighted by molar-refractivity contribution is -0.136.